The molecule has 1 N–H and O–H groups in total. The molecule has 0 spiro atoms. The number of carbonyl (C=O) groups is 2. The van der Waals surface area contributed by atoms with Gasteiger partial charge in [0.1, 0.15) is 0 Å². The number of rotatable bonds is 6. The number of carbonyl (C=O) groups excluding carboxylic acids is 2. The summed E-state index contributed by atoms with van der Waals surface area (Å²) in [5.41, 5.74) is 1.67. The molecule has 1 fully saturated rings. The molecule has 0 saturated heterocycles. The van der Waals surface area contributed by atoms with E-state index in [1.165, 1.54) is 12.8 Å². The third kappa shape index (κ3) is 4.50. The monoisotopic (exact) mass is 334 g/mol. The summed E-state index contributed by atoms with van der Waals surface area (Å²) in [6.07, 6.45) is 6.82. The van der Waals surface area contributed by atoms with Gasteiger partial charge in [-0.1, -0.05) is 18.6 Å². The number of aryl methyl sites for hydroxylation is 1. The van der Waals surface area contributed by atoms with Crippen LogP contribution in [0.3, 0.4) is 0 Å². The molecule has 0 unspecified atom stereocenters. The maximum atomic E-state index is 12.5. The van der Waals surface area contributed by atoms with Gasteiger partial charge in [0.2, 0.25) is 5.91 Å². The highest BCUT2D eigenvalue weighted by atomic mass is 32.2. The molecule has 2 atom stereocenters. The minimum Gasteiger partial charge on any atom is -0.355 e. The van der Waals surface area contributed by atoms with Crippen LogP contribution in [0.5, 0.6) is 0 Å². The van der Waals surface area contributed by atoms with Crippen LogP contribution in [-0.4, -0.2) is 48.4 Å². The molecule has 1 aliphatic rings. The highest BCUT2D eigenvalue weighted by molar-refractivity contribution is 7.99. The van der Waals surface area contributed by atoms with Gasteiger partial charge in [-0.2, -0.15) is 11.8 Å². The lowest BCUT2D eigenvalue weighted by atomic mass is 10.1. The summed E-state index contributed by atoms with van der Waals surface area (Å²) in [4.78, 5) is 26.1. The molecule has 0 bridgehead atoms. The molecule has 0 aliphatic heterocycles. The van der Waals surface area contributed by atoms with Crippen molar-refractivity contribution in [3.05, 3.63) is 35.4 Å². The topological polar surface area (TPSA) is 49.4 Å². The molecular weight excluding hydrogens is 308 g/mol. The van der Waals surface area contributed by atoms with Crippen molar-refractivity contribution < 1.29 is 9.59 Å². The first-order chi connectivity index (χ1) is 11.1. The van der Waals surface area contributed by atoms with E-state index in [9.17, 15) is 9.59 Å². The summed E-state index contributed by atoms with van der Waals surface area (Å²) >= 11 is 1.87. The summed E-state index contributed by atoms with van der Waals surface area (Å²) in [5.74, 6) is 0.102. The van der Waals surface area contributed by atoms with Gasteiger partial charge in [0.25, 0.3) is 5.91 Å². The lowest BCUT2D eigenvalue weighted by Crippen LogP contribution is -2.40. The lowest BCUT2D eigenvalue weighted by Gasteiger charge is -2.29. The number of nitrogens with zero attached hydrogens (tertiary/aromatic N) is 1. The van der Waals surface area contributed by atoms with Crippen LogP contribution >= 0.6 is 11.8 Å². The molecule has 126 valence electrons. The predicted molar refractivity (Wildman–Crippen MR) is 95.9 cm³/mol. The fourth-order valence-electron chi connectivity index (χ4n) is 3.25. The van der Waals surface area contributed by atoms with E-state index in [0.29, 0.717) is 29.7 Å². The largest absolute Gasteiger partial charge is 0.355 e. The van der Waals surface area contributed by atoms with Crippen LogP contribution in [-0.2, 0) is 11.2 Å². The van der Waals surface area contributed by atoms with Crippen molar-refractivity contribution in [2.24, 2.45) is 0 Å². The van der Waals surface area contributed by atoms with Crippen LogP contribution in [0, 0.1) is 0 Å². The number of nitrogens with one attached hydrogen (secondary N) is 1. The molecule has 1 aromatic rings. The van der Waals surface area contributed by atoms with E-state index in [1.54, 1.807) is 13.1 Å². The minimum absolute atomic E-state index is 0.0935. The third-order valence-corrected chi connectivity index (χ3v) is 5.81. The van der Waals surface area contributed by atoms with Crippen molar-refractivity contribution in [1.82, 2.24) is 10.2 Å². The smallest absolute Gasteiger partial charge is 0.251 e. The summed E-state index contributed by atoms with van der Waals surface area (Å²) < 4.78 is 0. The molecule has 4 nitrogen and oxygen atoms in total. The normalized spacial score (nSPS) is 20.3. The Labute approximate surface area is 143 Å². The van der Waals surface area contributed by atoms with Crippen LogP contribution in [0.2, 0.25) is 0 Å². The highest BCUT2D eigenvalue weighted by Crippen LogP contribution is 2.31. The van der Waals surface area contributed by atoms with Gasteiger partial charge >= 0.3 is 0 Å². The van der Waals surface area contributed by atoms with Gasteiger partial charge in [-0.15, -0.1) is 0 Å². The zero-order chi connectivity index (χ0) is 16.8. The second-order valence-corrected chi connectivity index (χ2v) is 7.13. The zero-order valence-corrected chi connectivity index (χ0v) is 15.0. The standard InChI is InChI=1S/C18H26N2O2S/c1-19-18(22)14-7-4-6-13(12-14)10-11-17(21)20(2)15-8-5-9-16(15)23-3/h4,6-7,12,15-16H,5,8-11H2,1-3H3,(H,19,22)/t15-,16+/m1/s1. The number of hydrogen-bond donors (Lipinski definition) is 1. The quantitative estimate of drug-likeness (QED) is 0.870. The van der Waals surface area contributed by atoms with Crippen LogP contribution in [0.25, 0.3) is 0 Å². The molecule has 0 radical (unpaired) electrons. The van der Waals surface area contributed by atoms with Crippen LogP contribution in [0.1, 0.15) is 41.6 Å². The van der Waals surface area contributed by atoms with E-state index < -0.39 is 0 Å². The molecule has 1 aromatic carbocycles. The van der Waals surface area contributed by atoms with Crippen molar-refractivity contribution in [3.63, 3.8) is 0 Å². The van der Waals surface area contributed by atoms with E-state index in [2.05, 4.69) is 11.6 Å². The predicted octanol–water partition coefficient (Wildman–Crippen LogP) is 2.72. The molecule has 23 heavy (non-hydrogen) atoms. The first-order valence-electron chi connectivity index (χ1n) is 8.16. The molecule has 2 rings (SSSR count). The van der Waals surface area contributed by atoms with Crippen molar-refractivity contribution in [2.45, 2.75) is 43.4 Å². The van der Waals surface area contributed by atoms with Gasteiger partial charge in [0.15, 0.2) is 0 Å². The number of amides is 2. The first-order valence-corrected chi connectivity index (χ1v) is 9.45. The Hall–Kier alpha value is -1.49. The molecule has 0 aromatic heterocycles. The first kappa shape index (κ1) is 17.9. The second-order valence-electron chi connectivity index (χ2n) is 6.06. The highest BCUT2D eigenvalue weighted by Gasteiger charge is 2.31. The van der Waals surface area contributed by atoms with Crippen molar-refractivity contribution >= 4 is 23.6 Å². The zero-order valence-electron chi connectivity index (χ0n) is 14.2. The Bertz CT molecular complexity index is 562. The molecule has 1 aliphatic carbocycles. The van der Waals surface area contributed by atoms with Crippen molar-refractivity contribution in [2.75, 3.05) is 20.4 Å². The van der Waals surface area contributed by atoms with Crippen LogP contribution in [0.4, 0.5) is 0 Å². The maximum Gasteiger partial charge on any atom is 0.251 e. The van der Waals surface area contributed by atoms with E-state index in [4.69, 9.17) is 0 Å². The average molecular weight is 334 g/mol. The van der Waals surface area contributed by atoms with E-state index in [0.717, 1.165) is 12.0 Å². The van der Waals surface area contributed by atoms with Crippen molar-refractivity contribution in [1.29, 1.82) is 0 Å². The molecule has 2 amide bonds. The molecule has 5 heteroatoms. The Kier molecular flexibility index (Phi) is 6.51. The second kappa shape index (κ2) is 8.39. The van der Waals surface area contributed by atoms with Crippen LogP contribution in [0.15, 0.2) is 24.3 Å². The number of hydrogen-bond acceptors (Lipinski definition) is 3. The van der Waals surface area contributed by atoms with Gasteiger partial charge in [-0.05, 0) is 43.2 Å². The van der Waals surface area contributed by atoms with E-state index >= 15 is 0 Å². The third-order valence-electron chi connectivity index (χ3n) is 4.66. The average Bonchev–Trinajstić information content (AvgIpc) is 3.07. The summed E-state index contributed by atoms with van der Waals surface area (Å²) in [6.45, 7) is 0. The summed E-state index contributed by atoms with van der Waals surface area (Å²) in [5, 5.41) is 3.19. The van der Waals surface area contributed by atoms with Gasteiger partial charge in [0, 0.05) is 37.4 Å². The fraction of sp³-hybridized carbons (Fsp3) is 0.556. The molecular formula is C18H26N2O2S. The van der Waals surface area contributed by atoms with Gasteiger partial charge in [-0.25, -0.2) is 0 Å². The Balaban J connectivity index is 1.92. The fourth-order valence-corrected chi connectivity index (χ4v) is 4.28. The van der Waals surface area contributed by atoms with E-state index in [1.807, 2.05) is 41.9 Å². The Morgan fingerprint density at radius 2 is 2.13 bits per heavy atom. The van der Waals surface area contributed by atoms with E-state index in [-0.39, 0.29) is 11.8 Å². The van der Waals surface area contributed by atoms with Crippen LogP contribution < -0.4 is 5.32 Å². The van der Waals surface area contributed by atoms with Gasteiger partial charge in [-0.3, -0.25) is 9.59 Å². The number of benzene rings is 1. The maximum absolute atomic E-state index is 12.5. The lowest BCUT2D eigenvalue weighted by molar-refractivity contribution is -0.131. The van der Waals surface area contributed by atoms with Crippen molar-refractivity contribution in [3.8, 4) is 0 Å². The molecule has 0 heterocycles. The van der Waals surface area contributed by atoms with Gasteiger partial charge in [0.05, 0.1) is 0 Å². The number of thioether (sulfide) groups is 1. The summed E-state index contributed by atoms with van der Waals surface area (Å²) in [6, 6.07) is 7.87. The van der Waals surface area contributed by atoms with Gasteiger partial charge < -0.3 is 10.2 Å². The molecule has 1 saturated carbocycles. The minimum atomic E-state index is -0.0935. The Morgan fingerprint density at radius 3 is 2.83 bits per heavy atom. The Morgan fingerprint density at radius 1 is 1.35 bits per heavy atom. The summed E-state index contributed by atoms with van der Waals surface area (Å²) in [7, 11) is 3.56. The SMILES string of the molecule is CNC(=O)c1cccc(CCC(=O)N(C)[C@@H]2CCC[C@@H]2SC)c1.